The Morgan fingerprint density at radius 3 is 2.81 bits per heavy atom. The van der Waals surface area contributed by atoms with Crippen molar-refractivity contribution in [1.82, 2.24) is 9.80 Å². The first-order valence-electron chi connectivity index (χ1n) is 9.36. The third-order valence-corrected chi connectivity index (χ3v) is 5.59. The van der Waals surface area contributed by atoms with E-state index in [1.807, 2.05) is 9.80 Å². The average Bonchev–Trinajstić information content (AvgIpc) is 2.69. The van der Waals surface area contributed by atoms with Crippen LogP contribution in [0.2, 0.25) is 0 Å². The molecule has 0 aromatic heterocycles. The van der Waals surface area contributed by atoms with E-state index in [1.165, 1.54) is 0 Å². The summed E-state index contributed by atoms with van der Waals surface area (Å²) < 4.78 is 11.1. The van der Waals surface area contributed by atoms with Gasteiger partial charge in [0.05, 0.1) is 0 Å². The van der Waals surface area contributed by atoms with Crippen LogP contribution >= 0.6 is 0 Å². The normalized spacial score (nSPS) is 25.0. The quantitative estimate of drug-likeness (QED) is 0.866. The van der Waals surface area contributed by atoms with Crippen LogP contribution in [-0.4, -0.2) is 67.0 Å². The Labute approximate surface area is 153 Å². The van der Waals surface area contributed by atoms with Crippen molar-refractivity contribution in [3.63, 3.8) is 0 Å². The van der Waals surface area contributed by atoms with Crippen LogP contribution in [0.4, 0.5) is 0 Å². The van der Waals surface area contributed by atoms with E-state index >= 15 is 0 Å². The van der Waals surface area contributed by atoms with Crippen LogP contribution < -0.4 is 15.2 Å². The lowest BCUT2D eigenvalue weighted by Crippen LogP contribution is -2.57. The van der Waals surface area contributed by atoms with Gasteiger partial charge in [0.15, 0.2) is 11.5 Å². The summed E-state index contributed by atoms with van der Waals surface area (Å²) in [6.45, 7) is 3.47. The summed E-state index contributed by atoms with van der Waals surface area (Å²) in [4.78, 5) is 29.0. The maximum atomic E-state index is 13.0. The van der Waals surface area contributed by atoms with Gasteiger partial charge in [-0.15, -0.1) is 0 Å². The molecule has 4 rings (SSSR count). The molecule has 140 valence electrons. The first-order valence-corrected chi connectivity index (χ1v) is 9.36. The number of carbonyl (C=O) groups excluding carboxylic acids is 2. The molecule has 2 unspecified atom stereocenters. The summed E-state index contributed by atoms with van der Waals surface area (Å²) in [5, 5.41) is 0. The minimum Gasteiger partial charge on any atom is -0.486 e. The number of hydrogen-bond donors (Lipinski definition) is 1. The zero-order valence-corrected chi connectivity index (χ0v) is 14.9. The number of nitrogens with two attached hydrogens (primary N) is 1. The first kappa shape index (κ1) is 17.1. The summed E-state index contributed by atoms with van der Waals surface area (Å²) in [5.41, 5.74) is 6.29. The summed E-state index contributed by atoms with van der Waals surface area (Å²) in [6.07, 6.45) is 2.20. The predicted molar refractivity (Wildman–Crippen MR) is 95.2 cm³/mol. The Kier molecular flexibility index (Phi) is 4.72. The monoisotopic (exact) mass is 359 g/mol. The number of benzene rings is 1. The van der Waals surface area contributed by atoms with Gasteiger partial charge in [-0.2, -0.15) is 0 Å². The highest BCUT2D eigenvalue weighted by Crippen LogP contribution is 2.34. The lowest BCUT2D eigenvalue weighted by atomic mass is 9.83. The molecule has 0 spiro atoms. The molecule has 2 amide bonds. The fourth-order valence-electron chi connectivity index (χ4n) is 4.32. The second-order valence-electron chi connectivity index (χ2n) is 7.14. The summed E-state index contributed by atoms with van der Waals surface area (Å²) in [6, 6.07) is 5.58. The number of piperidine rings is 2. The number of amides is 2. The molecule has 7 nitrogen and oxygen atoms in total. The lowest BCUT2D eigenvalue weighted by molar-refractivity contribution is -0.140. The van der Waals surface area contributed by atoms with E-state index in [2.05, 4.69) is 0 Å². The Bertz CT molecular complexity index is 708. The van der Waals surface area contributed by atoms with Crippen molar-refractivity contribution in [2.75, 3.05) is 39.4 Å². The fourth-order valence-corrected chi connectivity index (χ4v) is 4.32. The summed E-state index contributed by atoms with van der Waals surface area (Å²) in [7, 11) is 0. The average molecular weight is 359 g/mol. The second-order valence-corrected chi connectivity index (χ2v) is 7.14. The van der Waals surface area contributed by atoms with Crippen molar-refractivity contribution < 1.29 is 19.1 Å². The van der Waals surface area contributed by atoms with Crippen molar-refractivity contribution in [2.45, 2.75) is 25.3 Å². The highest BCUT2D eigenvalue weighted by atomic mass is 16.6. The number of ether oxygens (including phenoxy) is 2. The molecule has 26 heavy (non-hydrogen) atoms. The SMILES string of the molecule is NCCN1C(=O)CCC2CN(C(=O)c3ccc4c(c3)OCCO4)CCC21. The number of likely N-dealkylation sites (tertiary alicyclic amines) is 2. The molecule has 0 saturated carbocycles. The third-order valence-electron chi connectivity index (χ3n) is 5.59. The number of rotatable bonds is 3. The van der Waals surface area contributed by atoms with Crippen LogP contribution in [0, 0.1) is 5.92 Å². The molecule has 1 aromatic rings. The van der Waals surface area contributed by atoms with Gasteiger partial charge in [-0.3, -0.25) is 9.59 Å². The van der Waals surface area contributed by atoms with E-state index < -0.39 is 0 Å². The van der Waals surface area contributed by atoms with Crippen LogP contribution in [0.25, 0.3) is 0 Å². The molecular formula is C19H25N3O4. The number of hydrogen-bond acceptors (Lipinski definition) is 5. The van der Waals surface area contributed by atoms with Gasteiger partial charge in [0, 0.05) is 44.2 Å². The minimum absolute atomic E-state index is 0.0164. The summed E-state index contributed by atoms with van der Waals surface area (Å²) >= 11 is 0. The van der Waals surface area contributed by atoms with Gasteiger partial charge in [0.2, 0.25) is 5.91 Å². The Hall–Kier alpha value is -2.28. The molecule has 3 aliphatic heterocycles. The van der Waals surface area contributed by atoms with E-state index in [1.54, 1.807) is 18.2 Å². The van der Waals surface area contributed by atoms with Gasteiger partial charge in [-0.25, -0.2) is 0 Å². The molecule has 2 atom stereocenters. The van der Waals surface area contributed by atoms with Gasteiger partial charge in [-0.1, -0.05) is 0 Å². The van der Waals surface area contributed by atoms with E-state index in [9.17, 15) is 9.59 Å². The fraction of sp³-hybridized carbons (Fsp3) is 0.579. The van der Waals surface area contributed by atoms with Crippen LogP contribution in [0.5, 0.6) is 11.5 Å². The summed E-state index contributed by atoms with van der Waals surface area (Å²) in [5.74, 6) is 1.87. The minimum atomic E-state index is 0.0164. The maximum Gasteiger partial charge on any atom is 0.254 e. The molecule has 2 N–H and O–H groups in total. The van der Waals surface area contributed by atoms with E-state index in [4.69, 9.17) is 15.2 Å². The third kappa shape index (κ3) is 3.11. The van der Waals surface area contributed by atoms with Crippen molar-refractivity contribution >= 4 is 11.8 Å². The van der Waals surface area contributed by atoms with Crippen molar-refractivity contribution in [2.24, 2.45) is 11.7 Å². The van der Waals surface area contributed by atoms with Gasteiger partial charge >= 0.3 is 0 Å². The van der Waals surface area contributed by atoms with E-state index in [0.29, 0.717) is 68.8 Å². The Morgan fingerprint density at radius 1 is 1.19 bits per heavy atom. The largest absolute Gasteiger partial charge is 0.486 e. The highest BCUT2D eigenvalue weighted by Gasteiger charge is 2.40. The van der Waals surface area contributed by atoms with Crippen LogP contribution in [0.1, 0.15) is 29.6 Å². The molecule has 0 aliphatic carbocycles. The van der Waals surface area contributed by atoms with Gasteiger partial charge in [-0.05, 0) is 37.0 Å². The highest BCUT2D eigenvalue weighted by molar-refractivity contribution is 5.95. The number of carbonyl (C=O) groups is 2. The molecule has 2 saturated heterocycles. The van der Waals surface area contributed by atoms with Crippen LogP contribution in [0.15, 0.2) is 18.2 Å². The zero-order chi connectivity index (χ0) is 18.1. The number of fused-ring (bicyclic) bond motifs is 2. The van der Waals surface area contributed by atoms with Gasteiger partial charge in [0.1, 0.15) is 13.2 Å². The smallest absolute Gasteiger partial charge is 0.254 e. The molecule has 0 bridgehead atoms. The van der Waals surface area contributed by atoms with E-state index in [0.717, 1.165) is 12.8 Å². The molecule has 7 heteroatoms. The predicted octanol–water partition coefficient (Wildman–Crippen LogP) is 0.870. The molecule has 3 heterocycles. The van der Waals surface area contributed by atoms with Crippen molar-refractivity contribution in [3.8, 4) is 11.5 Å². The van der Waals surface area contributed by atoms with E-state index in [-0.39, 0.29) is 17.9 Å². The Balaban J connectivity index is 1.47. The second kappa shape index (κ2) is 7.15. The molecule has 0 radical (unpaired) electrons. The lowest BCUT2D eigenvalue weighted by Gasteiger charge is -2.47. The maximum absolute atomic E-state index is 13.0. The molecular weight excluding hydrogens is 334 g/mol. The standard InChI is InChI=1S/C19H25N3O4/c20-6-8-22-15-5-7-21(12-14(15)2-4-18(22)23)19(24)13-1-3-16-17(11-13)26-10-9-25-16/h1,3,11,14-15H,2,4-10,12,20H2. The van der Waals surface area contributed by atoms with Crippen molar-refractivity contribution in [3.05, 3.63) is 23.8 Å². The Morgan fingerprint density at radius 2 is 2.00 bits per heavy atom. The zero-order valence-electron chi connectivity index (χ0n) is 14.9. The topological polar surface area (TPSA) is 85.1 Å². The van der Waals surface area contributed by atoms with Gasteiger partial charge < -0.3 is 25.0 Å². The molecule has 3 aliphatic rings. The van der Waals surface area contributed by atoms with Crippen molar-refractivity contribution in [1.29, 1.82) is 0 Å². The molecule has 2 fully saturated rings. The first-order chi connectivity index (χ1) is 12.7. The van der Waals surface area contributed by atoms with Crippen LogP contribution in [0.3, 0.4) is 0 Å². The molecule has 1 aromatic carbocycles. The van der Waals surface area contributed by atoms with Crippen LogP contribution in [-0.2, 0) is 4.79 Å². The van der Waals surface area contributed by atoms with Gasteiger partial charge in [0.25, 0.3) is 5.91 Å². The number of nitrogens with zero attached hydrogens (tertiary/aromatic N) is 2.